The van der Waals surface area contributed by atoms with Crippen LogP contribution < -0.4 is 21.3 Å². The number of para-hydroxylation sites is 2. The zero-order valence-electron chi connectivity index (χ0n) is 57.3. The lowest BCUT2D eigenvalue weighted by atomic mass is 9.70. The third-order valence-electron chi connectivity index (χ3n) is 23.8. The van der Waals surface area contributed by atoms with Gasteiger partial charge in [-0.2, -0.15) is 0 Å². The van der Waals surface area contributed by atoms with Crippen molar-refractivity contribution < 1.29 is 0 Å². The molecule has 504 valence electrons. The number of hydrogen-bond acceptors (Lipinski definition) is 4. The largest absolute Gasteiger partial charge is 0.354 e. The van der Waals surface area contributed by atoms with E-state index in [1.807, 2.05) is 54.6 Å². The van der Waals surface area contributed by atoms with E-state index in [2.05, 4.69) is 306 Å². The van der Waals surface area contributed by atoms with Crippen LogP contribution in [0.1, 0.15) is 66.8 Å². The Balaban J connectivity index is 0.608. The zero-order chi connectivity index (χ0) is 71.0. The molecule has 6 aliphatic carbocycles. The van der Waals surface area contributed by atoms with E-state index in [-0.39, 0.29) is 0 Å². The van der Waals surface area contributed by atoms with Gasteiger partial charge in [-0.1, -0.05) is 295 Å². The van der Waals surface area contributed by atoms with Gasteiger partial charge in [-0.3, -0.25) is 0 Å². The molecule has 0 aromatic heterocycles. The summed E-state index contributed by atoms with van der Waals surface area (Å²) in [6, 6.07) is 123. The number of nitrogens with one attached hydrogen (secondary N) is 4. The molecule has 0 radical (unpaired) electrons. The van der Waals surface area contributed by atoms with Gasteiger partial charge >= 0.3 is 0 Å². The Morgan fingerprint density at radius 3 is 1.08 bits per heavy atom. The van der Waals surface area contributed by atoms with Crippen LogP contribution in [0.25, 0.3) is 89.0 Å². The lowest BCUT2D eigenvalue weighted by Gasteiger charge is -2.31. The van der Waals surface area contributed by atoms with Crippen LogP contribution in [0.15, 0.2) is 340 Å². The first-order valence-electron chi connectivity index (χ1n) is 36.3. The number of fused-ring (bicyclic) bond motifs is 30. The third-order valence-corrected chi connectivity index (χ3v) is 25.1. The maximum atomic E-state index is 7.59. The van der Waals surface area contributed by atoms with Crippen molar-refractivity contribution in [2.24, 2.45) is 0 Å². The number of anilines is 8. The monoisotopic (exact) mass is 1440 g/mol. The molecule has 3 spiro atoms. The van der Waals surface area contributed by atoms with E-state index < -0.39 is 16.2 Å². The molecule has 4 nitrogen and oxygen atoms in total. The Morgan fingerprint density at radius 1 is 0.168 bits per heavy atom. The Morgan fingerprint density at radius 2 is 0.514 bits per heavy atom. The SMILES string of the molecule is Clc1ccccc1Nc1ccc2c(c1)-c1ccccc1C21c2ccccc2-c2cc(-c3ccc(Nc4cccc5c4-c4ccccc4C54c5ccccc5-c5c(Nc6cc(-c7cccc8c7-c7ccccc7C87c8ccccc8-c8ccc(Nc9ccccc9Cl)cc87)ccc6Cl)cccc54)c(Cl)c3)ccc21. The van der Waals surface area contributed by atoms with Gasteiger partial charge in [0.05, 0.1) is 59.1 Å². The first kappa shape index (κ1) is 62.3. The zero-order valence-corrected chi connectivity index (χ0v) is 60.4. The Kier molecular flexibility index (Phi) is 13.6. The van der Waals surface area contributed by atoms with Crippen molar-refractivity contribution in [2.75, 3.05) is 21.3 Å². The maximum absolute atomic E-state index is 7.59. The van der Waals surface area contributed by atoms with Crippen molar-refractivity contribution >= 4 is 91.9 Å². The average Bonchev–Trinajstić information content (AvgIpc) is 1.52. The van der Waals surface area contributed by atoms with Crippen LogP contribution in [0.5, 0.6) is 0 Å². The maximum Gasteiger partial charge on any atom is 0.0727 e. The van der Waals surface area contributed by atoms with E-state index in [9.17, 15) is 0 Å². The highest BCUT2D eigenvalue weighted by atomic mass is 35.5. The Labute approximate surface area is 640 Å². The minimum atomic E-state index is -0.659. The molecule has 6 aliphatic rings. The second-order valence-electron chi connectivity index (χ2n) is 28.8. The Bertz CT molecular complexity index is 6570. The van der Waals surface area contributed by atoms with Crippen molar-refractivity contribution in [3.63, 3.8) is 0 Å². The van der Waals surface area contributed by atoms with E-state index >= 15 is 0 Å². The van der Waals surface area contributed by atoms with Crippen LogP contribution in [-0.4, -0.2) is 0 Å². The van der Waals surface area contributed by atoms with Gasteiger partial charge in [-0.15, -0.1) is 0 Å². The van der Waals surface area contributed by atoms with Gasteiger partial charge in [0.15, 0.2) is 0 Å². The van der Waals surface area contributed by atoms with Gasteiger partial charge in [0.25, 0.3) is 0 Å². The molecule has 3 unspecified atom stereocenters. The van der Waals surface area contributed by atoms with Crippen molar-refractivity contribution in [1.29, 1.82) is 0 Å². The molecule has 0 amide bonds. The first-order chi connectivity index (χ1) is 52.7. The molecule has 16 aromatic rings. The summed E-state index contributed by atoms with van der Waals surface area (Å²) in [5.41, 5.74) is 39.2. The standard InChI is InChI=1S/C99H60Cl4N4/c100-84-36-13-15-38-88(84)104-60-46-49-79-71(55-60)65-22-3-9-29-74(65)97(79)73-28-8-2-21-64(73)70-52-57(42-48-78(70)97)58-44-51-90(87(103)53-58)106-91-40-18-34-81-95(91)68-24-5-11-31-76(68)98(81)77-32-12-6-25-69(77)96-82(98)35-19-41-92(96)107-93-54-59(43-50-86(93)102)62-26-17-33-80-94(62)67-23-4-10-30-75(67)99(80)72-27-7-1-20-63(72)66-47-45-61(56-83(66)99)105-89-39-16-14-37-85(89)101/h1-56,104-107H. The summed E-state index contributed by atoms with van der Waals surface area (Å²) in [5.74, 6) is 0. The van der Waals surface area contributed by atoms with Crippen LogP contribution in [0.4, 0.5) is 45.5 Å². The number of benzene rings is 16. The van der Waals surface area contributed by atoms with Crippen LogP contribution in [0, 0.1) is 0 Å². The number of rotatable bonds is 10. The molecular weight excluding hydrogens is 1390 g/mol. The van der Waals surface area contributed by atoms with E-state index in [1.165, 1.54) is 122 Å². The molecule has 3 atom stereocenters. The quantitative estimate of drug-likeness (QED) is 0.110. The molecule has 0 heterocycles. The Hall–Kier alpha value is -12.1. The predicted molar refractivity (Wildman–Crippen MR) is 445 cm³/mol. The fourth-order valence-corrected chi connectivity index (χ4v) is 20.4. The number of halogens is 4. The lowest BCUT2D eigenvalue weighted by Crippen LogP contribution is -2.26. The highest BCUT2D eigenvalue weighted by molar-refractivity contribution is 6.35. The van der Waals surface area contributed by atoms with Crippen molar-refractivity contribution in [2.45, 2.75) is 16.2 Å². The molecule has 16 aromatic carbocycles. The van der Waals surface area contributed by atoms with Crippen molar-refractivity contribution in [1.82, 2.24) is 0 Å². The number of hydrogen-bond donors (Lipinski definition) is 4. The van der Waals surface area contributed by atoms with Gasteiger partial charge in [0.2, 0.25) is 0 Å². The summed E-state index contributed by atoms with van der Waals surface area (Å²) in [7, 11) is 0. The van der Waals surface area contributed by atoms with E-state index in [0.29, 0.717) is 20.1 Å². The van der Waals surface area contributed by atoms with E-state index in [0.717, 1.165) is 78.9 Å². The van der Waals surface area contributed by atoms with Crippen LogP contribution >= 0.6 is 46.4 Å². The topological polar surface area (TPSA) is 48.1 Å². The summed E-state index contributed by atoms with van der Waals surface area (Å²) in [6.45, 7) is 0. The predicted octanol–water partition coefficient (Wildman–Crippen LogP) is 27.6. The summed E-state index contributed by atoms with van der Waals surface area (Å²) >= 11 is 28.5. The summed E-state index contributed by atoms with van der Waals surface area (Å²) in [6.07, 6.45) is 0. The highest BCUT2D eigenvalue weighted by Gasteiger charge is 2.56. The minimum Gasteiger partial charge on any atom is -0.354 e. The van der Waals surface area contributed by atoms with E-state index in [4.69, 9.17) is 46.4 Å². The van der Waals surface area contributed by atoms with Gasteiger partial charge in [-0.05, 0) is 236 Å². The third kappa shape index (κ3) is 8.64. The molecule has 0 bridgehead atoms. The lowest BCUT2D eigenvalue weighted by molar-refractivity contribution is 0.794. The molecule has 0 saturated carbocycles. The van der Waals surface area contributed by atoms with Crippen molar-refractivity contribution in [3.05, 3.63) is 427 Å². The molecule has 22 rings (SSSR count). The molecule has 107 heavy (non-hydrogen) atoms. The van der Waals surface area contributed by atoms with Gasteiger partial charge < -0.3 is 21.3 Å². The molecular formula is C99H60Cl4N4. The normalized spacial score (nSPS) is 16.7. The molecule has 8 heteroatoms. The smallest absolute Gasteiger partial charge is 0.0727 e. The molecule has 0 fully saturated rings. The average molecular weight is 1450 g/mol. The van der Waals surface area contributed by atoms with Gasteiger partial charge in [-0.25, -0.2) is 0 Å². The second-order valence-corrected chi connectivity index (χ2v) is 30.5. The molecule has 0 aliphatic heterocycles. The minimum absolute atomic E-state index is 0.505. The van der Waals surface area contributed by atoms with Gasteiger partial charge in [0, 0.05) is 33.9 Å². The molecule has 4 N–H and O–H groups in total. The fraction of sp³-hybridized carbons (Fsp3) is 0.0303. The van der Waals surface area contributed by atoms with Crippen LogP contribution in [-0.2, 0) is 16.2 Å². The van der Waals surface area contributed by atoms with Crippen molar-refractivity contribution in [3.8, 4) is 89.0 Å². The first-order valence-corrected chi connectivity index (χ1v) is 37.8. The summed E-state index contributed by atoms with van der Waals surface area (Å²) in [4.78, 5) is 0. The van der Waals surface area contributed by atoms with Gasteiger partial charge in [0.1, 0.15) is 0 Å². The highest BCUT2D eigenvalue weighted by Crippen LogP contribution is 2.68. The molecule has 0 saturated heterocycles. The second kappa shape index (κ2) is 23.4. The fourth-order valence-electron chi connectivity index (χ4n) is 19.7. The van der Waals surface area contributed by atoms with Crippen LogP contribution in [0.2, 0.25) is 20.1 Å². The summed E-state index contributed by atoms with van der Waals surface area (Å²) < 4.78 is 0. The van der Waals surface area contributed by atoms with E-state index in [1.54, 1.807) is 0 Å². The van der Waals surface area contributed by atoms with Crippen LogP contribution in [0.3, 0.4) is 0 Å². The summed E-state index contributed by atoms with van der Waals surface area (Å²) in [5, 5.41) is 17.8.